The molecule has 3 aromatic carbocycles. The zero-order chi connectivity index (χ0) is 24.5. The minimum absolute atomic E-state index is 0.0202. The highest BCUT2D eigenvalue weighted by Gasteiger charge is 2.35. The minimum Gasteiger partial charge on any atom is -0.483 e. The molecule has 2 aliphatic carbocycles. The van der Waals surface area contributed by atoms with E-state index >= 15 is 8.78 Å². The summed E-state index contributed by atoms with van der Waals surface area (Å²) in [7, 11) is 0. The Morgan fingerprint density at radius 3 is 2.06 bits per heavy atom. The number of benzene rings is 3. The molecule has 4 unspecified atom stereocenters. The maximum Gasteiger partial charge on any atom is 0.191 e. The van der Waals surface area contributed by atoms with Crippen molar-refractivity contribution >= 4 is 0 Å². The summed E-state index contributed by atoms with van der Waals surface area (Å²) in [5.74, 6) is -1.93. The van der Waals surface area contributed by atoms with Crippen molar-refractivity contribution in [1.82, 2.24) is 0 Å². The van der Waals surface area contributed by atoms with E-state index in [9.17, 15) is 8.78 Å². The monoisotopic (exact) mass is 482 g/mol. The third-order valence-corrected chi connectivity index (χ3v) is 7.92. The van der Waals surface area contributed by atoms with E-state index in [0.717, 1.165) is 48.8 Å². The molecule has 0 aromatic heterocycles. The van der Waals surface area contributed by atoms with Gasteiger partial charge in [0.2, 0.25) is 0 Å². The first-order chi connectivity index (χ1) is 16.9. The van der Waals surface area contributed by atoms with Crippen molar-refractivity contribution in [2.24, 2.45) is 17.8 Å². The predicted molar refractivity (Wildman–Crippen MR) is 129 cm³/mol. The van der Waals surface area contributed by atoms with Gasteiger partial charge in [-0.05, 0) is 96.7 Å². The van der Waals surface area contributed by atoms with Crippen molar-refractivity contribution in [3.05, 3.63) is 89.0 Å². The molecule has 0 radical (unpaired) electrons. The van der Waals surface area contributed by atoms with Crippen LogP contribution in [-0.2, 0) is 6.61 Å². The Morgan fingerprint density at radius 1 is 0.743 bits per heavy atom. The molecular weight excluding hydrogens is 452 g/mol. The highest BCUT2D eigenvalue weighted by Crippen LogP contribution is 2.48. The normalized spacial score (nSPS) is 24.1. The third-order valence-electron chi connectivity index (χ3n) is 7.92. The van der Waals surface area contributed by atoms with Crippen LogP contribution in [0.2, 0.25) is 0 Å². The number of fused-ring (bicyclic) bond motifs is 1. The van der Waals surface area contributed by atoms with Gasteiger partial charge in [-0.15, -0.1) is 0 Å². The molecule has 35 heavy (non-hydrogen) atoms. The van der Waals surface area contributed by atoms with Crippen LogP contribution in [0.1, 0.15) is 62.5 Å². The van der Waals surface area contributed by atoms with Gasteiger partial charge in [0.25, 0.3) is 0 Å². The van der Waals surface area contributed by atoms with Gasteiger partial charge >= 0.3 is 0 Å². The zero-order valence-corrected chi connectivity index (χ0v) is 19.9. The summed E-state index contributed by atoms with van der Waals surface area (Å²) in [6, 6.07) is 13.5. The van der Waals surface area contributed by atoms with Gasteiger partial charge in [0, 0.05) is 0 Å². The lowest BCUT2D eigenvalue weighted by molar-refractivity contribution is 0.124. The number of hydrogen-bond acceptors (Lipinski definition) is 1. The zero-order valence-electron chi connectivity index (χ0n) is 19.9. The van der Waals surface area contributed by atoms with E-state index < -0.39 is 34.6 Å². The van der Waals surface area contributed by atoms with Gasteiger partial charge in [-0.2, -0.15) is 0 Å². The summed E-state index contributed by atoms with van der Waals surface area (Å²) in [5.41, 5.74) is 0.796. The van der Waals surface area contributed by atoms with Crippen LogP contribution in [-0.4, -0.2) is 0 Å². The number of hydrogen-bond donors (Lipinski definition) is 0. The quantitative estimate of drug-likeness (QED) is 0.330. The topological polar surface area (TPSA) is 9.23 Å². The Labute approximate surface area is 204 Å². The summed E-state index contributed by atoms with van der Waals surface area (Å²) in [6.45, 7) is 2.28. The van der Waals surface area contributed by atoms with Gasteiger partial charge in [-0.25, -0.2) is 17.6 Å². The van der Waals surface area contributed by atoms with Crippen LogP contribution < -0.4 is 4.74 Å². The summed E-state index contributed by atoms with van der Waals surface area (Å²) in [6.07, 6.45) is 6.61. The molecule has 5 heteroatoms. The van der Waals surface area contributed by atoms with Crippen LogP contribution in [0.15, 0.2) is 54.6 Å². The van der Waals surface area contributed by atoms with Crippen LogP contribution in [0.25, 0.3) is 11.1 Å². The molecule has 0 heterocycles. The first-order valence-electron chi connectivity index (χ1n) is 12.5. The molecule has 0 amide bonds. The van der Waals surface area contributed by atoms with Crippen LogP contribution in [0.3, 0.4) is 0 Å². The maximum absolute atomic E-state index is 15.2. The van der Waals surface area contributed by atoms with Gasteiger partial charge in [0.05, 0.1) is 5.56 Å². The Morgan fingerprint density at radius 2 is 1.37 bits per heavy atom. The fourth-order valence-electron chi connectivity index (χ4n) is 6.10. The lowest BCUT2D eigenvalue weighted by Crippen LogP contribution is -2.29. The van der Waals surface area contributed by atoms with Crippen LogP contribution in [0, 0.1) is 41.0 Å². The second-order valence-electron chi connectivity index (χ2n) is 10.4. The molecular formula is C30H30F4O. The van der Waals surface area contributed by atoms with E-state index in [1.165, 1.54) is 31.4 Å². The Balaban J connectivity index is 1.36. The van der Waals surface area contributed by atoms with Gasteiger partial charge in [-0.1, -0.05) is 43.7 Å². The van der Waals surface area contributed by atoms with Crippen molar-refractivity contribution in [3.63, 3.8) is 0 Å². The third kappa shape index (κ3) is 5.10. The van der Waals surface area contributed by atoms with Crippen molar-refractivity contribution in [2.45, 2.75) is 58.0 Å². The van der Waals surface area contributed by atoms with Crippen LogP contribution >= 0.6 is 0 Å². The predicted octanol–water partition coefficient (Wildman–Crippen LogP) is 8.81. The Hall–Kier alpha value is -2.82. The van der Waals surface area contributed by atoms with Gasteiger partial charge in [0.1, 0.15) is 18.2 Å². The van der Waals surface area contributed by atoms with E-state index in [2.05, 4.69) is 6.92 Å². The van der Waals surface area contributed by atoms with Crippen molar-refractivity contribution < 1.29 is 22.3 Å². The summed E-state index contributed by atoms with van der Waals surface area (Å²) < 4.78 is 65.0. The molecule has 2 aliphatic rings. The summed E-state index contributed by atoms with van der Waals surface area (Å²) in [5, 5.41) is 0. The summed E-state index contributed by atoms with van der Waals surface area (Å²) >= 11 is 0. The molecule has 2 fully saturated rings. The van der Waals surface area contributed by atoms with E-state index in [0.29, 0.717) is 11.5 Å². The number of halogens is 4. The van der Waals surface area contributed by atoms with E-state index in [-0.39, 0.29) is 18.1 Å². The van der Waals surface area contributed by atoms with Crippen LogP contribution in [0.4, 0.5) is 17.6 Å². The number of rotatable bonds is 5. The second kappa shape index (κ2) is 10.0. The molecule has 4 atom stereocenters. The lowest BCUT2D eigenvalue weighted by Gasteiger charge is -2.41. The number of ether oxygens (including phenoxy) is 1. The van der Waals surface area contributed by atoms with E-state index in [1.807, 2.05) is 6.07 Å². The molecule has 5 rings (SSSR count). The molecule has 3 aromatic rings. The fourth-order valence-corrected chi connectivity index (χ4v) is 6.10. The SMILES string of the molecule is CC1CCC2CC(c3cc(F)c(-c4cc(F)c(OCc5ccccc5)c(F)c4)c(F)c3)CCC2C1. The Bertz CT molecular complexity index is 1150. The smallest absolute Gasteiger partial charge is 0.191 e. The average Bonchev–Trinajstić information content (AvgIpc) is 2.83. The first kappa shape index (κ1) is 23.9. The lowest BCUT2D eigenvalue weighted by atomic mass is 9.64. The minimum atomic E-state index is -0.997. The van der Waals surface area contributed by atoms with Crippen molar-refractivity contribution in [2.75, 3.05) is 0 Å². The molecule has 184 valence electrons. The van der Waals surface area contributed by atoms with Gasteiger partial charge in [0.15, 0.2) is 17.4 Å². The van der Waals surface area contributed by atoms with Gasteiger partial charge < -0.3 is 4.74 Å². The largest absolute Gasteiger partial charge is 0.483 e. The first-order valence-corrected chi connectivity index (χ1v) is 12.5. The molecule has 0 N–H and O–H groups in total. The van der Waals surface area contributed by atoms with Gasteiger partial charge in [-0.3, -0.25) is 0 Å². The maximum atomic E-state index is 15.2. The summed E-state index contributed by atoms with van der Waals surface area (Å²) in [4.78, 5) is 0. The molecule has 0 spiro atoms. The molecule has 0 saturated heterocycles. The second-order valence-corrected chi connectivity index (χ2v) is 10.4. The van der Waals surface area contributed by atoms with E-state index in [1.54, 1.807) is 24.3 Å². The molecule has 0 aliphatic heterocycles. The van der Waals surface area contributed by atoms with Crippen molar-refractivity contribution in [1.29, 1.82) is 0 Å². The Kier molecular flexibility index (Phi) is 6.86. The highest BCUT2D eigenvalue weighted by molar-refractivity contribution is 5.66. The molecule has 1 nitrogen and oxygen atoms in total. The molecule has 2 saturated carbocycles. The van der Waals surface area contributed by atoms with E-state index in [4.69, 9.17) is 4.74 Å². The van der Waals surface area contributed by atoms with Crippen molar-refractivity contribution in [3.8, 4) is 16.9 Å². The molecule has 0 bridgehead atoms. The highest BCUT2D eigenvalue weighted by atomic mass is 19.1. The van der Waals surface area contributed by atoms with Crippen LogP contribution in [0.5, 0.6) is 5.75 Å². The average molecular weight is 483 g/mol. The standard InChI is InChI=1S/C30H30F4O/c1-18-7-8-21-12-22(10-9-20(21)11-18)23-13-25(31)29(26(32)14-23)24-15-27(33)30(28(34)16-24)35-17-19-5-3-2-4-6-19/h2-6,13-16,18,20-22H,7-12,17H2,1H3. The fraction of sp³-hybridized carbons (Fsp3) is 0.400.